The molecule has 0 fully saturated rings. The van der Waals surface area contributed by atoms with Crippen LogP contribution in [0.25, 0.3) is 0 Å². The summed E-state index contributed by atoms with van der Waals surface area (Å²) in [6.45, 7) is 1.44. The molecular weight excluding hydrogens is 431 g/mol. The van der Waals surface area contributed by atoms with Gasteiger partial charge in [-0.05, 0) is 35.9 Å². The van der Waals surface area contributed by atoms with Gasteiger partial charge in [-0.15, -0.1) is 0 Å². The van der Waals surface area contributed by atoms with Gasteiger partial charge in [0.1, 0.15) is 12.4 Å². The van der Waals surface area contributed by atoms with Crippen LogP contribution < -0.4 is 10.1 Å². The number of carboxylic acid groups (broad SMARTS) is 1. The van der Waals surface area contributed by atoms with E-state index in [4.69, 9.17) is 4.74 Å². The van der Waals surface area contributed by atoms with Crippen molar-refractivity contribution >= 4 is 33.5 Å². The summed E-state index contributed by atoms with van der Waals surface area (Å²) in [5, 5.41) is 11.7. The van der Waals surface area contributed by atoms with Crippen molar-refractivity contribution in [1.82, 2.24) is 0 Å². The van der Waals surface area contributed by atoms with Gasteiger partial charge in [0.2, 0.25) is 5.91 Å². The number of anilines is 1. The minimum absolute atomic E-state index is 0.0806. The molecule has 2 aromatic rings. The topological polar surface area (TPSA) is 75.6 Å². The normalized spacial score (nSPS) is 11.1. The smallest absolute Gasteiger partial charge is 0.417 e. The highest BCUT2D eigenvalue weighted by atomic mass is 79.9. The number of carbonyl (C=O) groups excluding carboxylic acids is 1. The number of hydrogen-bond donors (Lipinski definition) is 2. The molecule has 0 unspecified atom stereocenters. The monoisotopic (exact) mass is 445 g/mol. The number of halogens is 4. The molecule has 0 aliphatic rings. The summed E-state index contributed by atoms with van der Waals surface area (Å²) in [7, 11) is 0. The second-order valence-electron chi connectivity index (χ2n) is 5.51. The Morgan fingerprint density at radius 3 is 2.48 bits per heavy atom. The molecule has 0 spiro atoms. The molecular formula is C18H15BrF3NO4. The Morgan fingerprint density at radius 1 is 1.19 bits per heavy atom. The number of nitrogens with one attached hydrogen (secondary N) is 1. The number of amides is 1. The third-order valence-corrected chi connectivity index (χ3v) is 4.25. The molecule has 0 saturated heterocycles. The molecule has 0 atom stereocenters. The number of rotatable bonds is 6. The van der Waals surface area contributed by atoms with Crippen LogP contribution in [0, 0.1) is 0 Å². The van der Waals surface area contributed by atoms with E-state index < -0.39 is 17.7 Å². The van der Waals surface area contributed by atoms with Crippen LogP contribution >= 0.6 is 15.9 Å². The van der Waals surface area contributed by atoms with Gasteiger partial charge in [0.25, 0.3) is 0 Å². The molecule has 2 N–H and O–H groups in total. The number of alkyl halides is 3. The lowest BCUT2D eigenvalue weighted by Gasteiger charge is -2.13. The van der Waals surface area contributed by atoms with E-state index in [0.29, 0.717) is 0 Å². The summed E-state index contributed by atoms with van der Waals surface area (Å²) in [4.78, 5) is 22.8. The Balaban J connectivity index is 2.20. The zero-order valence-electron chi connectivity index (χ0n) is 14.1. The van der Waals surface area contributed by atoms with E-state index in [9.17, 15) is 27.9 Å². The SMILES string of the molecule is CCC(=O)Nc1ccc(OCc2ccc(Br)c(C(F)(F)F)c2)cc1C(=O)O. The number of aromatic carboxylic acids is 1. The summed E-state index contributed by atoms with van der Waals surface area (Å²) >= 11 is 2.86. The molecule has 144 valence electrons. The van der Waals surface area contributed by atoms with Crippen molar-refractivity contribution in [2.75, 3.05) is 5.32 Å². The highest BCUT2D eigenvalue weighted by Crippen LogP contribution is 2.35. The van der Waals surface area contributed by atoms with Gasteiger partial charge in [-0.3, -0.25) is 4.79 Å². The van der Waals surface area contributed by atoms with E-state index >= 15 is 0 Å². The standard InChI is InChI=1S/C18H15BrF3NO4/c1-2-16(24)23-15-6-4-11(8-12(15)17(25)26)27-9-10-3-5-14(19)13(7-10)18(20,21)22/h3-8H,2,9H2,1H3,(H,23,24)(H,25,26). The summed E-state index contributed by atoms with van der Waals surface area (Å²) in [6, 6.07) is 7.70. The minimum Gasteiger partial charge on any atom is -0.489 e. The average molecular weight is 446 g/mol. The Bertz CT molecular complexity index is 868. The number of ether oxygens (including phenoxy) is 1. The molecule has 2 aromatic carbocycles. The molecule has 27 heavy (non-hydrogen) atoms. The summed E-state index contributed by atoms with van der Waals surface area (Å²) in [6.07, 6.45) is -4.33. The zero-order valence-corrected chi connectivity index (χ0v) is 15.6. The number of carbonyl (C=O) groups is 2. The van der Waals surface area contributed by atoms with Gasteiger partial charge in [0, 0.05) is 10.9 Å². The van der Waals surface area contributed by atoms with Gasteiger partial charge in [-0.25, -0.2) is 4.79 Å². The van der Waals surface area contributed by atoms with E-state index in [-0.39, 0.29) is 46.0 Å². The van der Waals surface area contributed by atoms with Crippen molar-refractivity contribution in [3.05, 3.63) is 57.6 Å². The van der Waals surface area contributed by atoms with Crippen LogP contribution in [0.3, 0.4) is 0 Å². The fraction of sp³-hybridized carbons (Fsp3) is 0.222. The summed E-state index contributed by atoms with van der Waals surface area (Å²) in [5.41, 5.74) is -0.621. The maximum Gasteiger partial charge on any atom is 0.417 e. The van der Waals surface area contributed by atoms with Crippen LogP contribution in [-0.2, 0) is 17.6 Å². The van der Waals surface area contributed by atoms with Crippen molar-refractivity contribution in [3.8, 4) is 5.75 Å². The van der Waals surface area contributed by atoms with Crippen LogP contribution in [0.15, 0.2) is 40.9 Å². The highest BCUT2D eigenvalue weighted by Gasteiger charge is 2.33. The van der Waals surface area contributed by atoms with Crippen LogP contribution in [0.5, 0.6) is 5.75 Å². The average Bonchev–Trinajstić information content (AvgIpc) is 2.60. The van der Waals surface area contributed by atoms with Gasteiger partial charge >= 0.3 is 12.1 Å². The number of hydrogen-bond acceptors (Lipinski definition) is 3. The van der Waals surface area contributed by atoms with E-state index in [1.165, 1.54) is 30.3 Å². The van der Waals surface area contributed by atoms with E-state index in [1.807, 2.05) is 0 Å². The minimum atomic E-state index is -4.51. The van der Waals surface area contributed by atoms with E-state index in [2.05, 4.69) is 21.2 Å². The van der Waals surface area contributed by atoms with Crippen LogP contribution in [-0.4, -0.2) is 17.0 Å². The number of carboxylic acids is 1. The third kappa shape index (κ3) is 5.46. The van der Waals surface area contributed by atoms with Crippen LogP contribution in [0.1, 0.15) is 34.8 Å². The summed E-state index contributed by atoms with van der Waals surface area (Å²) < 4.78 is 44.2. The first kappa shape index (κ1) is 20.8. The Labute approximate surface area is 161 Å². The van der Waals surface area contributed by atoms with Gasteiger partial charge < -0.3 is 15.2 Å². The van der Waals surface area contributed by atoms with Crippen molar-refractivity contribution in [2.24, 2.45) is 0 Å². The van der Waals surface area contributed by atoms with Crippen LogP contribution in [0.2, 0.25) is 0 Å². The largest absolute Gasteiger partial charge is 0.489 e. The van der Waals surface area contributed by atoms with Gasteiger partial charge in [-0.1, -0.05) is 28.9 Å². The predicted octanol–water partition coefficient (Wildman–Crippen LogP) is 5.09. The fourth-order valence-electron chi connectivity index (χ4n) is 2.18. The van der Waals surface area contributed by atoms with Crippen molar-refractivity contribution < 1.29 is 32.6 Å². The molecule has 0 aromatic heterocycles. The first-order chi connectivity index (χ1) is 12.6. The van der Waals surface area contributed by atoms with Crippen molar-refractivity contribution in [3.63, 3.8) is 0 Å². The van der Waals surface area contributed by atoms with E-state index in [1.54, 1.807) is 6.92 Å². The van der Waals surface area contributed by atoms with Crippen molar-refractivity contribution in [2.45, 2.75) is 26.1 Å². The molecule has 5 nitrogen and oxygen atoms in total. The van der Waals surface area contributed by atoms with Gasteiger partial charge in [0.15, 0.2) is 0 Å². The predicted molar refractivity (Wildman–Crippen MR) is 95.8 cm³/mol. The lowest BCUT2D eigenvalue weighted by atomic mass is 10.1. The Morgan fingerprint density at radius 2 is 1.89 bits per heavy atom. The molecule has 0 aliphatic carbocycles. The van der Waals surface area contributed by atoms with E-state index in [0.717, 1.165) is 6.07 Å². The maximum absolute atomic E-state index is 12.9. The molecule has 0 heterocycles. The Hall–Kier alpha value is -2.55. The molecule has 9 heteroatoms. The first-order valence-electron chi connectivity index (χ1n) is 7.77. The van der Waals surface area contributed by atoms with Gasteiger partial charge in [0.05, 0.1) is 16.8 Å². The third-order valence-electron chi connectivity index (χ3n) is 3.56. The molecule has 1 amide bonds. The molecule has 0 aliphatic heterocycles. The fourth-order valence-corrected chi connectivity index (χ4v) is 2.66. The molecule has 0 radical (unpaired) electrons. The maximum atomic E-state index is 12.9. The van der Waals surface area contributed by atoms with Gasteiger partial charge in [-0.2, -0.15) is 13.2 Å². The molecule has 0 bridgehead atoms. The molecule has 2 rings (SSSR count). The second kappa shape index (κ2) is 8.43. The Kier molecular flexibility index (Phi) is 6.48. The zero-order chi connectivity index (χ0) is 20.2. The highest BCUT2D eigenvalue weighted by molar-refractivity contribution is 9.10. The quantitative estimate of drug-likeness (QED) is 0.648. The number of benzene rings is 2. The second-order valence-corrected chi connectivity index (χ2v) is 6.37. The first-order valence-corrected chi connectivity index (χ1v) is 8.56. The lowest BCUT2D eigenvalue weighted by Crippen LogP contribution is -2.13. The lowest BCUT2D eigenvalue weighted by molar-refractivity contribution is -0.138. The van der Waals surface area contributed by atoms with Crippen molar-refractivity contribution in [1.29, 1.82) is 0 Å². The summed E-state index contributed by atoms with van der Waals surface area (Å²) in [5.74, 6) is -1.46. The van der Waals surface area contributed by atoms with Crippen LogP contribution in [0.4, 0.5) is 18.9 Å². The molecule has 0 saturated carbocycles.